The minimum atomic E-state index is -0.209. The van der Waals surface area contributed by atoms with Crippen molar-refractivity contribution in [3.63, 3.8) is 0 Å². The van der Waals surface area contributed by atoms with Gasteiger partial charge in [0.2, 0.25) is 0 Å². The molecule has 0 fully saturated rings. The fraction of sp³-hybridized carbons (Fsp3) is 0.238. The Morgan fingerprint density at radius 1 is 1.15 bits per heavy atom. The number of rotatable bonds is 7. The number of carbonyl (C=O) groups is 1. The van der Waals surface area contributed by atoms with Crippen LogP contribution in [0.5, 0.6) is 5.75 Å². The second-order valence-electron chi connectivity index (χ2n) is 6.32. The molecule has 0 aliphatic heterocycles. The standard InChI is InChI=1S/C21H23N3O2S/c1-4-26-16-11-9-15(10-12-16)22-21-24-19(13-27-21)20(25)23-18-8-6-5-7-17(18)14(2)3/h5-14H,4H2,1-3H3,(H,22,24)(H,23,25). The SMILES string of the molecule is CCOc1ccc(Nc2nc(C(=O)Nc3ccccc3C(C)C)cs2)cc1. The van der Waals surface area contributed by atoms with E-state index in [4.69, 9.17) is 4.74 Å². The van der Waals surface area contributed by atoms with Crippen LogP contribution in [-0.2, 0) is 0 Å². The Kier molecular flexibility index (Phi) is 6.08. The molecule has 5 nitrogen and oxygen atoms in total. The van der Waals surface area contributed by atoms with E-state index in [1.54, 1.807) is 5.38 Å². The van der Waals surface area contributed by atoms with Crippen LogP contribution in [0.3, 0.4) is 0 Å². The van der Waals surface area contributed by atoms with Gasteiger partial charge in [0.25, 0.3) is 5.91 Å². The maximum atomic E-state index is 12.6. The number of thiazole rings is 1. The summed E-state index contributed by atoms with van der Waals surface area (Å²) in [5, 5.41) is 8.60. The highest BCUT2D eigenvalue weighted by molar-refractivity contribution is 7.14. The summed E-state index contributed by atoms with van der Waals surface area (Å²) in [5.41, 5.74) is 3.22. The molecular weight excluding hydrogens is 358 g/mol. The highest BCUT2D eigenvalue weighted by atomic mass is 32.1. The Morgan fingerprint density at radius 3 is 2.59 bits per heavy atom. The Balaban J connectivity index is 1.67. The van der Waals surface area contributed by atoms with Gasteiger partial charge in [-0.25, -0.2) is 4.98 Å². The Labute approximate surface area is 163 Å². The fourth-order valence-corrected chi connectivity index (χ4v) is 3.37. The zero-order chi connectivity index (χ0) is 19.2. The number of aromatic nitrogens is 1. The van der Waals surface area contributed by atoms with Crippen molar-refractivity contribution in [2.75, 3.05) is 17.2 Å². The highest BCUT2D eigenvalue weighted by Crippen LogP contribution is 2.26. The average Bonchev–Trinajstić information content (AvgIpc) is 3.12. The molecule has 0 aliphatic carbocycles. The first-order valence-electron chi connectivity index (χ1n) is 8.92. The van der Waals surface area contributed by atoms with Gasteiger partial charge >= 0.3 is 0 Å². The van der Waals surface area contributed by atoms with Crippen molar-refractivity contribution in [3.8, 4) is 5.75 Å². The molecule has 1 heterocycles. The van der Waals surface area contributed by atoms with Crippen LogP contribution in [0.1, 0.15) is 42.7 Å². The van der Waals surface area contributed by atoms with Gasteiger partial charge in [-0.15, -0.1) is 11.3 Å². The quantitative estimate of drug-likeness (QED) is 0.554. The van der Waals surface area contributed by atoms with Crippen LogP contribution in [0, 0.1) is 0 Å². The molecule has 1 amide bonds. The number of carbonyl (C=O) groups excluding carboxylic acids is 1. The molecule has 0 radical (unpaired) electrons. The number of ether oxygens (including phenoxy) is 1. The number of hydrogen-bond donors (Lipinski definition) is 2. The first-order chi connectivity index (χ1) is 13.1. The van der Waals surface area contributed by atoms with E-state index in [2.05, 4.69) is 29.5 Å². The van der Waals surface area contributed by atoms with E-state index >= 15 is 0 Å². The number of benzene rings is 2. The summed E-state index contributed by atoms with van der Waals surface area (Å²) >= 11 is 1.39. The molecule has 3 rings (SSSR count). The van der Waals surface area contributed by atoms with Crippen LogP contribution in [0.2, 0.25) is 0 Å². The van der Waals surface area contributed by atoms with Crippen molar-refractivity contribution in [1.29, 1.82) is 0 Å². The van der Waals surface area contributed by atoms with Crippen molar-refractivity contribution in [1.82, 2.24) is 4.98 Å². The van der Waals surface area contributed by atoms with E-state index in [9.17, 15) is 4.79 Å². The third-order valence-corrected chi connectivity index (χ3v) is 4.74. The first-order valence-corrected chi connectivity index (χ1v) is 9.80. The predicted molar refractivity (Wildman–Crippen MR) is 111 cm³/mol. The summed E-state index contributed by atoms with van der Waals surface area (Å²) in [7, 11) is 0. The zero-order valence-electron chi connectivity index (χ0n) is 15.7. The third kappa shape index (κ3) is 4.86. The summed E-state index contributed by atoms with van der Waals surface area (Å²) in [6, 6.07) is 15.5. The summed E-state index contributed by atoms with van der Waals surface area (Å²) in [6.45, 7) is 6.80. The molecule has 0 saturated heterocycles. The van der Waals surface area contributed by atoms with Gasteiger partial charge in [0.1, 0.15) is 11.4 Å². The number of nitrogens with zero attached hydrogens (tertiary/aromatic N) is 1. The van der Waals surface area contributed by atoms with E-state index in [1.807, 2.05) is 55.5 Å². The maximum absolute atomic E-state index is 12.6. The number of anilines is 3. The second kappa shape index (κ2) is 8.68. The molecule has 140 valence electrons. The fourth-order valence-electron chi connectivity index (χ4n) is 2.66. The lowest BCUT2D eigenvalue weighted by Gasteiger charge is -2.12. The van der Waals surface area contributed by atoms with Crippen LogP contribution in [-0.4, -0.2) is 17.5 Å². The molecule has 0 spiro atoms. The van der Waals surface area contributed by atoms with Crippen molar-refractivity contribution < 1.29 is 9.53 Å². The lowest BCUT2D eigenvalue weighted by atomic mass is 10.0. The van der Waals surface area contributed by atoms with Gasteiger partial charge in [0, 0.05) is 16.8 Å². The maximum Gasteiger partial charge on any atom is 0.275 e. The molecular formula is C21H23N3O2S. The summed E-state index contributed by atoms with van der Waals surface area (Å²) < 4.78 is 5.44. The molecule has 0 aliphatic rings. The molecule has 0 bridgehead atoms. The highest BCUT2D eigenvalue weighted by Gasteiger charge is 2.14. The van der Waals surface area contributed by atoms with Gasteiger partial charge in [-0.1, -0.05) is 32.0 Å². The van der Waals surface area contributed by atoms with E-state index in [1.165, 1.54) is 11.3 Å². The van der Waals surface area contributed by atoms with Crippen LogP contribution >= 0.6 is 11.3 Å². The largest absolute Gasteiger partial charge is 0.494 e. The topological polar surface area (TPSA) is 63.2 Å². The van der Waals surface area contributed by atoms with Crippen LogP contribution in [0.25, 0.3) is 0 Å². The van der Waals surface area contributed by atoms with Crippen LogP contribution in [0.15, 0.2) is 53.9 Å². The summed E-state index contributed by atoms with van der Waals surface area (Å²) in [4.78, 5) is 17.0. The minimum absolute atomic E-state index is 0.209. The molecule has 0 atom stereocenters. The first kappa shape index (κ1) is 18.9. The lowest BCUT2D eigenvalue weighted by molar-refractivity contribution is 0.102. The minimum Gasteiger partial charge on any atom is -0.494 e. The predicted octanol–water partition coefficient (Wildman–Crippen LogP) is 5.66. The molecule has 6 heteroatoms. The molecule has 3 aromatic rings. The van der Waals surface area contributed by atoms with Gasteiger partial charge in [0.15, 0.2) is 5.13 Å². The number of amides is 1. The van der Waals surface area contributed by atoms with E-state index in [0.29, 0.717) is 23.4 Å². The molecule has 27 heavy (non-hydrogen) atoms. The van der Waals surface area contributed by atoms with Crippen molar-refractivity contribution in [2.45, 2.75) is 26.7 Å². The van der Waals surface area contributed by atoms with Crippen molar-refractivity contribution in [2.24, 2.45) is 0 Å². The Bertz CT molecular complexity index is 904. The third-order valence-electron chi connectivity index (χ3n) is 3.98. The lowest BCUT2D eigenvalue weighted by Crippen LogP contribution is -2.14. The summed E-state index contributed by atoms with van der Waals surface area (Å²) in [6.07, 6.45) is 0. The van der Waals surface area contributed by atoms with Gasteiger partial charge in [-0.2, -0.15) is 0 Å². The number of hydrogen-bond acceptors (Lipinski definition) is 5. The van der Waals surface area contributed by atoms with Crippen LogP contribution < -0.4 is 15.4 Å². The molecule has 2 aromatic carbocycles. The zero-order valence-corrected chi connectivity index (χ0v) is 16.5. The number of nitrogens with one attached hydrogen (secondary N) is 2. The normalized spacial score (nSPS) is 10.7. The Morgan fingerprint density at radius 2 is 1.89 bits per heavy atom. The summed E-state index contributed by atoms with van der Waals surface area (Å²) in [5.74, 6) is 0.944. The van der Waals surface area contributed by atoms with Gasteiger partial charge in [-0.05, 0) is 48.7 Å². The molecule has 1 aromatic heterocycles. The van der Waals surface area contributed by atoms with Gasteiger partial charge < -0.3 is 15.4 Å². The molecule has 0 saturated carbocycles. The van der Waals surface area contributed by atoms with E-state index in [-0.39, 0.29) is 5.91 Å². The van der Waals surface area contributed by atoms with E-state index in [0.717, 1.165) is 22.7 Å². The smallest absolute Gasteiger partial charge is 0.275 e. The van der Waals surface area contributed by atoms with Gasteiger partial charge in [-0.3, -0.25) is 4.79 Å². The monoisotopic (exact) mass is 381 g/mol. The average molecular weight is 382 g/mol. The molecule has 0 unspecified atom stereocenters. The van der Waals surface area contributed by atoms with Crippen molar-refractivity contribution in [3.05, 3.63) is 65.2 Å². The van der Waals surface area contributed by atoms with Gasteiger partial charge in [0.05, 0.1) is 6.61 Å². The second-order valence-corrected chi connectivity index (χ2v) is 7.17. The number of para-hydroxylation sites is 1. The molecule has 2 N–H and O–H groups in total. The van der Waals surface area contributed by atoms with Crippen LogP contribution in [0.4, 0.5) is 16.5 Å². The Hall–Kier alpha value is -2.86. The van der Waals surface area contributed by atoms with E-state index < -0.39 is 0 Å². The van der Waals surface area contributed by atoms with Crippen molar-refractivity contribution >= 4 is 33.8 Å².